The molecule has 1 aliphatic heterocycles. The molecule has 7 heteroatoms. The van der Waals surface area contributed by atoms with Crippen molar-refractivity contribution in [3.8, 4) is 17.2 Å². The van der Waals surface area contributed by atoms with Gasteiger partial charge in [0, 0.05) is 17.5 Å². The Balaban J connectivity index is 1.76. The first-order valence-corrected chi connectivity index (χ1v) is 8.86. The van der Waals surface area contributed by atoms with Crippen LogP contribution in [0.1, 0.15) is 23.6 Å². The van der Waals surface area contributed by atoms with Crippen molar-refractivity contribution < 1.29 is 9.32 Å². The van der Waals surface area contributed by atoms with E-state index in [0.717, 1.165) is 46.3 Å². The molecule has 27 heavy (non-hydrogen) atoms. The second-order valence-corrected chi connectivity index (χ2v) is 6.78. The molecule has 0 aliphatic carbocycles. The second kappa shape index (κ2) is 6.82. The smallest absolute Gasteiger partial charge is 0.229 e. The summed E-state index contributed by atoms with van der Waals surface area (Å²) in [5, 5.41) is 21.1. The largest absolute Gasteiger partial charge is 0.361 e. The molecule has 0 unspecified atom stereocenters. The van der Waals surface area contributed by atoms with Crippen LogP contribution in [-0.4, -0.2) is 29.1 Å². The fourth-order valence-electron chi connectivity index (χ4n) is 3.56. The Labute approximate surface area is 156 Å². The van der Waals surface area contributed by atoms with Crippen LogP contribution in [0.3, 0.4) is 0 Å². The van der Waals surface area contributed by atoms with E-state index in [-0.39, 0.29) is 17.5 Å². The molecule has 1 atom stereocenters. The fourth-order valence-corrected chi connectivity index (χ4v) is 3.56. The van der Waals surface area contributed by atoms with Gasteiger partial charge in [0.25, 0.3) is 0 Å². The van der Waals surface area contributed by atoms with Crippen LogP contribution in [0.2, 0.25) is 0 Å². The summed E-state index contributed by atoms with van der Waals surface area (Å²) >= 11 is 0. The maximum atomic E-state index is 12.4. The van der Waals surface area contributed by atoms with Crippen molar-refractivity contribution in [2.75, 3.05) is 18.4 Å². The van der Waals surface area contributed by atoms with Gasteiger partial charge in [0.15, 0.2) is 5.69 Å². The Morgan fingerprint density at radius 2 is 2.22 bits per heavy atom. The van der Waals surface area contributed by atoms with E-state index in [1.54, 1.807) is 6.07 Å². The quantitative estimate of drug-likeness (QED) is 0.743. The molecular weight excluding hydrogens is 342 g/mol. The average Bonchev–Trinajstić information content (AvgIpc) is 3.31. The molecule has 4 rings (SSSR count). The Morgan fingerprint density at radius 1 is 1.37 bits per heavy atom. The highest BCUT2D eigenvalue weighted by Crippen LogP contribution is 2.31. The summed E-state index contributed by atoms with van der Waals surface area (Å²) in [5.74, 6) is 0.995. The predicted octanol–water partition coefficient (Wildman–Crippen LogP) is 2.93. The van der Waals surface area contributed by atoms with E-state index in [4.69, 9.17) is 4.52 Å². The van der Waals surface area contributed by atoms with Crippen LogP contribution in [-0.2, 0) is 4.79 Å². The number of hydrogen-bond donors (Lipinski definition) is 2. The van der Waals surface area contributed by atoms with Gasteiger partial charge in [-0.2, -0.15) is 5.26 Å². The van der Waals surface area contributed by atoms with E-state index in [0.29, 0.717) is 12.4 Å². The van der Waals surface area contributed by atoms with Gasteiger partial charge in [0.2, 0.25) is 5.91 Å². The first-order valence-electron chi connectivity index (χ1n) is 8.86. The van der Waals surface area contributed by atoms with E-state index in [1.807, 2.05) is 32.0 Å². The number of rotatable bonds is 3. The lowest BCUT2D eigenvalue weighted by molar-refractivity contribution is -0.119. The highest BCUT2D eigenvalue weighted by molar-refractivity contribution is 5.97. The summed E-state index contributed by atoms with van der Waals surface area (Å²) in [6.45, 7) is 5.27. The van der Waals surface area contributed by atoms with Gasteiger partial charge in [-0.3, -0.25) is 4.79 Å². The summed E-state index contributed by atoms with van der Waals surface area (Å²) in [5.41, 5.74) is 2.99. The minimum absolute atomic E-state index is 0.0679. The lowest BCUT2D eigenvalue weighted by Gasteiger charge is -2.11. The molecule has 0 saturated carbocycles. The van der Waals surface area contributed by atoms with Crippen LogP contribution < -0.4 is 10.6 Å². The van der Waals surface area contributed by atoms with Gasteiger partial charge >= 0.3 is 0 Å². The third kappa shape index (κ3) is 3.15. The number of aromatic nitrogens is 2. The number of carbonyl (C=O) groups excluding carboxylic acids is 1. The van der Waals surface area contributed by atoms with Crippen LogP contribution >= 0.6 is 0 Å². The van der Waals surface area contributed by atoms with E-state index in [1.165, 1.54) is 0 Å². The van der Waals surface area contributed by atoms with Crippen LogP contribution in [0.4, 0.5) is 5.82 Å². The van der Waals surface area contributed by atoms with E-state index >= 15 is 0 Å². The third-order valence-corrected chi connectivity index (χ3v) is 4.94. The average molecular weight is 361 g/mol. The van der Waals surface area contributed by atoms with Gasteiger partial charge in [-0.05, 0) is 49.9 Å². The summed E-state index contributed by atoms with van der Waals surface area (Å²) in [4.78, 5) is 16.7. The number of fused-ring (bicyclic) bond motifs is 1. The van der Waals surface area contributed by atoms with Crippen molar-refractivity contribution >= 4 is 22.5 Å². The third-order valence-electron chi connectivity index (χ3n) is 4.94. The first-order chi connectivity index (χ1) is 13.1. The standard InChI is InChI=1S/C20H19N5O2/c1-11-19(12(2)27-25-11)13-3-4-16-15(7-13)8-18(23-17(16)9-21)24-20(26)14-5-6-22-10-14/h3-4,7-8,14,22H,5-6,10H2,1-2H3,(H,23,24,26)/t14-/m0/s1. The Bertz CT molecular complexity index is 1050. The van der Waals surface area contributed by atoms with Gasteiger partial charge in [-0.25, -0.2) is 4.98 Å². The van der Waals surface area contributed by atoms with Crippen LogP contribution in [0.25, 0.3) is 21.9 Å². The minimum Gasteiger partial charge on any atom is -0.361 e. The highest BCUT2D eigenvalue weighted by atomic mass is 16.5. The number of amides is 1. The van der Waals surface area contributed by atoms with E-state index in [2.05, 4.69) is 26.8 Å². The van der Waals surface area contributed by atoms with E-state index < -0.39 is 0 Å². The lowest BCUT2D eigenvalue weighted by Crippen LogP contribution is -2.25. The van der Waals surface area contributed by atoms with Crippen molar-refractivity contribution in [3.63, 3.8) is 0 Å². The van der Waals surface area contributed by atoms with Gasteiger partial charge in [0.05, 0.1) is 11.6 Å². The molecule has 1 aliphatic rings. The van der Waals surface area contributed by atoms with Crippen molar-refractivity contribution in [1.82, 2.24) is 15.5 Å². The molecule has 136 valence electrons. The van der Waals surface area contributed by atoms with Gasteiger partial charge < -0.3 is 15.2 Å². The summed E-state index contributed by atoms with van der Waals surface area (Å²) in [6, 6.07) is 9.70. The number of anilines is 1. The van der Waals surface area contributed by atoms with E-state index in [9.17, 15) is 10.1 Å². The van der Waals surface area contributed by atoms with Crippen molar-refractivity contribution in [3.05, 3.63) is 41.4 Å². The Morgan fingerprint density at radius 3 is 2.89 bits per heavy atom. The molecule has 0 spiro atoms. The zero-order chi connectivity index (χ0) is 19.0. The van der Waals surface area contributed by atoms with Crippen LogP contribution in [0, 0.1) is 31.1 Å². The molecule has 3 aromatic rings. The molecule has 1 fully saturated rings. The fraction of sp³-hybridized carbons (Fsp3) is 0.300. The second-order valence-electron chi connectivity index (χ2n) is 6.78. The van der Waals surface area contributed by atoms with Crippen LogP contribution in [0.15, 0.2) is 28.8 Å². The number of pyridine rings is 1. The maximum Gasteiger partial charge on any atom is 0.229 e. The molecule has 1 amide bonds. The summed E-state index contributed by atoms with van der Waals surface area (Å²) < 4.78 is 5.26. The van der Waals surface area contributed by atoms with Crippen molar-refractivity contribution in [2.45, 2.75) is 20.3 Å². The zero-order valence-corrected chi connectivity index (χ0v) is 15.2. The number of nitriles is 1. The molecule has 0 bridgehead atoms. The molecule has 1 aromatic carbocycles. The van der Waals surface area contributed by atoms with Gasteiger partial charge in [0.1, 0.15) is 17.6 Å². The summed E-state index contributed by atoms with van der Waals surface area (Å²) in [7, 11) is 0. The minimum atomic E-state index is -0.0717. The molecule has 7 nitrogen and oxygen atoms in total. The molecular formula is C20H19N5O2. The number of carbonyl (C=O) groups is 1. The zero-order valence-electron chi connectivity index (χ0n) is 15.2. The molecule has 3 heterocycles. The Kier molecular flexibility index (Phi) is 4.34. The molecule has 0 radical (unpaired) electrons. The normalized spacial score (nSPS) is 16.4. The monoisotopic (exact) mass is 361 g/mol. The molecule has 1 saturated heterocycles. The number of aryl methyl sites for hydroxylation is 2. The number of hydrogen-bond acceptors (Lipinski definition) is 6. The topological polar surface area (TPSA) is 104 Å². The molecule has 2 N–H and O–H groups in total. The molecule has 2 aromatic heterocycles. The number of nitrogens with one attached hydrogen (secondary N) is 2. The van der Waals surface area contributed by atoms with Crippen molar-refractivity contribution in [2.24, 2.45) is 5.92 Å². The van der Waals surface area contributed by atoms with Crippen molar-refractivity contribution in [1.29, 1.82) is 5.26 Å². The van der Waals surface area contributed by atoms with Crippen LogP contribution in [0.5, 0.6) is 0 Å². The number of nitrogens with zero attached hydrogens (tertiary/aromatic N) is 3. The SMILES string of the molecule is Cc1noc(C)c1-c1ccc2c(C#N)nc(NC(=O)[C@H]3CCNC3)cc2c1. The maximum absolute atomic E-state index is 12.4. The first kappa shape index (κ1) is 17.2. The highest BCUT2D eigenvalue weighted by Gasteiger charge is 2.23. The Hall–Kier alpha value is -3.24. The van der Waals surface area contributed by atoms with Gasteiger partial charge in [-0.15, -0.1) is 0 Å². The number of benzene rings is 1. The summed E-state index contributed by atoms with van der Waals surface area (Å²) in [6.07, 6.45) is 0.806. The van der Waals surface area contributed by atoms with Gasteiger partial charge in [-0.1, -0.05) is 17.3 Å². The lowest BCUT2D eigenvalue weighted by atomic mass is 9.99. The predicted molar refractivity (Wildman–Crippen MR) is 101 cm³/mol.